The number of hydrogen-bond donors (Lipinski definition) is 6. The lowest BCUT2D eigenvalue weighted by Gasteiger charge is -2.40. The third-order valence-electron chi connectivity index (χ3n) is 16.5. The molecule has 0 spiro atoms. The van der Waals surface area contributed by atoms with Gasteiger partial charge in [-0.05, 0) is 12.8 Å². The molecule has 1 heterocycles. The first-order valence-corrected chi connectivity index (χ1v) is 33.2. The fourth-order valence-corrected chi connectivity index (χ4v) is 11.2. The zero-order valence-electron chi connectivity index (χ0n) is 49.4. The van der Waals surface area contributed by atoms with Gasteiger partial charge in [0.15, 0.2) is 6.29 Å². The minimum atomic E-state index is -1.55. The van der Waals surface area contributed by atoms with E-state index >= 15 is 0 Å². The maximum Gasteiger partial charge on any atom is 0.220 e. The van der Waals surface area contributed by atoms with Crippen LogP contribution in [0.2, 0.25) is 0 Å². The molecule has 1 aliphatic rings. The van der Waals surface area contributed by atoms with Crippen LogP contribution in [0.4, 0.5) is 0 Å². The number of ether oxygens (including phenoxy) is 2. The van der Waals surface area contributed by atoms with E-state index in [1.807, 2.05) is 0 Å². The number of aliphatic hydroxyl groups is 5. The molecule has 0 radical (unpaired) electrons. The lowest BCUT2D eigenvalue weighted by molar-refractivity contribution is -0.302. The summed E-state index contributed by atoms with van der Waals surface area (Å²) in [7, 11) is 0. The maximum atomic E-state index is 13.1. The standard InChI is InChI=1S/C65H129NO8/c1-3-5-7-9-11-13-15-17-19-21-23-24-25-26-27-28-29-30-31-32-33-34-35-36-37-39-41-43-45-47-49-51-53-55-61(69)66-58(57-73-65-64(72)63(71)62(70)60(56-67)74-65)59(68)54-52-50-48-46-44-42-40-38-22-20-18-16-14-12-10-8-6-4-2/h58-60,62-65,67-68,70-72H,3-57H2,1-2H3,(H,66,69). The molecule has 1 saturated heterocycles. The van der Waals surface area contributed by atoms with Gasteiger partial charge in [0.05, 0.1) is 25.4 Å². The molecule has 442 valence electrons. The minimum Gasteiger partial charge on any atom is -0.394 e. The number of amides is 1. The van der Waals surface area contributed by atoms with Crippen LogP contribution in [0.1, 0.15) is 354 Å². The zero-order chi connectivity index (χ0) is 53.6. The van der Waals surface area contributed by atoms with E-state index in [1.54, 1.807) is 0 Å². The van der Waals surface area contributed by atoms with Crippen LogP contribution >= 0.6 is 0 Å². The van der Waals surface area contributed by atoms with Crippen molar-refractivity contribution in [2.75, 3.05) is 13.2 Å². The predicted molar refractivity (Wildman–Crippen MR) is 314 cm³/mol. The Morgan fingerprint density at radius 1 is 0.405 bits per heavy atom. The predicted octanol–water partition coefficient (Wildman–Crippen LogP) is 17.4. The fourth-order valence-electron chi connectivity index (χ4n) is 11.2. The molecular weight excluding hydrogens is 923 g/mol. The first kappa shape index (κ1) is 71.2. The van der Waals surface area contributed by atoms with Crippen molar-refractivity contribution in [3.05, 3.63) is 0 Å². The lowest BCUT2D eigenvalue weighted by atomic mass is 9.99. The van der Waals surface area contributed by atoms with E-state index in [0.29, 0.717) is 12.8 Å². The van der Waals surface area contributed by atoms with E-state index in [9.17, 15) is 30.3 Å². The molecule has 0 saturated carbocycles. The Balaban J connectivity index is 2.07. The first-order chi connectivity index (χ1) is 36.3. The first-order valence-electron chi connectivity index (χ1n) is 33.2. The summed E-state index contributed by atoms with van der Waals surface area (Å²) in [6.07, 6.45) is 61.7. The molecule has 0 aromatic heterocycles. The summed E-state index contributed by atoms with van der Waals surface area (Å²) < 4.78 is 11.3. The average Bonchev–Trinajstić information content (AvgIpc) is 3.40. The van der Waals surface area contributed by atoms with Gasteiger partial charge in [0.1, 0.15) is 24.4 Å². The van der Waals surface area contributed by atoms with Gasteiger partial charge in [0.2, 0.25) is 5.91 Å². The SMILES string of the molecule is CCCCCCCCCCCCCCCCCCCCCCCCCCCCCCCCCCCC(=O)NC(COC1OC(CO)C(O)C(O)C1O)C(O)CCCCCCCCCCCCCCCCCCCC. The summed E-state index contributed by atoms with van der Waals surface area (Å²) in [6, 6.07) is -0.714. The number of aliphatic hydroxyl groups excluding tert-OH is 5. The number of carbonyl (C=O) groups excluding carboxylic acids is 1. The number of rotatable bonds is 59. The van der Waals surface area contributed by atoms with Crippen LogP contribution in [-0.2, 0) is 14.3 Å². The van der Waals surface area contributed by atoms with Crippen molar-refractivity contribution < 1.29 is 39.8 Å². The highest BCUT2D eigenvalue weighted by Crippen LogP contribution is 2.24. The molecule has 1 fully saturated rings. The Bertz CT molecular complexity index is 1130. The second-order valence-electron chi connectivity index (χ2n) is 23.6. The van der Waals surface area contributed by atoms with Crippen molar-refractivity contribution in [3.8, 4) is 0 Å². The molecule has 1 aliphatic heterocycles. The third kappa shape index (κ3) is 44.1. The van der Waals surface area contributed by atoms with Crippen LogP contribution in [0.5, 0.6) is 0 Å². The van der Waals surface area contributed by atoms with E-state index in [-0.39, 0.29) is 12.5 Å². The van der Waals surface area contributed by atoms with Crippen molar-refractivity contribution in [2.45, 2.75) is 397 Å². The quantitative estimate of drug-likeness (QED) is 0.0330. The topological polar surface area (TPSA) is 149 Å². The van der Waals surface area contributed by atoms with Crippen molar-refractivity contribution >= 4 is 5.91 Å². The van der Waals surface area contributed by atoms with Crippen molar-refractivity contribution in [2.24, 2.45) is 0 Å². The Kier molecular flexibility index (Phi) is 53.4. The number of hydrogen-bond acceptors (Lipinski definition) is 8. The summed E-state index contributed by atoms with van der Waals surface area (Å²) >= 11 is 0. The highest BCUT2D eigenvalue weighted by atomic mass is 16.7. The Morgan fingerprint density at radius 3 is 0.959 bits per heavy atom. The lowest BCUT2D eigenvalue weighted by Crippen LogP contribution is -2.60. The third-order valence-corrected chi connectivity index (χ3v) is 16.5. The van der Waals surface area contributed by atoms with Gasteiger partial charge in [0, 0.05) is 6.42 Å². The number of carbonyl (C=O) groups is 1. The Labute approximate surface area is 459 Å². The summed E-state index contributed by atoms with van der Waals surface area (Å²) in [5.41, 5.74) is 0. The molecule has 9 nitrogen and oxygen atoms in total. The highest BCUT2D eigenvalue weighted by molar-refractivity contribution is 5.76. The normalized spacial score (nSPS) is 18.8. The molecule has 9 heteroatoms. The average molecular weight is 1050 g/mol. The minimum absolute atomic E-state index is 0.131. The van der Waals surface area contributed by atoms with Gasteiger partial charge in [-0.3, -0.25) is 4.79 Å². The fraction of sp³-hybridized carbons (Fsp3) is 0.985. The van der Waals surface area contributed by atoms with Crippen LogP contribution in [0.25, 0.3) is 0 Å². The number of nitrogens with one attached hydrogen (secondary N) is 1. The van der Waals surface area contributed by atoms with Crippen LogP contribution in [0, 0.1) is 0 Å². The molecule has 0 aliphatic carbocycles. The van der Waals surface area contributed by atoms with E-state index in [2.05, 4.69) is 19.2 Å². The van der Waals surface area contributed by atoms with Crippen molar-refractivity contribution in [1.29, 1.82) is 0 Å². The van der Waals surface area contributed by atoms with Crippen LogP contribution in [0.15, 0.2) is 0 Å². The zero-order valence-corrected chi connectivity index (χ0v) is 49.4. The highest BCUT2D eigenvalue weighted by Gasteiger charge is 2.44. The molecule has 74 heavy (non-hydrogen) atoms. The van der Waals surface area contributed by atoms with E-state index in [1.165, 1.54) is 289 Å². The van der Waals surface area contributed by atoms with Gasteiger partial charge in [0.25, 0.3) is 0 Å². The maximum absolute atomic E-state index is 13.1. The van der Waals surface area contributed by atoms with Gasteiger partial charge < -0.3 is 40.3 Å². The second-order valence-corrected chi connectivity index (χ2v) is 23.6. The second kappa shape index (κ2) is 55.5. The van der Waals surface area contributed by atoms with Crippen LogP contribution in [0.3, 0.4) is 0 Å². The summed E-state index contributed by atoms with van der Waals surface area (Å²) in [4.78, 5) is 13.1. The van der Waals surface area contributed by atoms with E-state index in [0.717, 1.165) is 38.5 Å². The Hall–Kier alpha value is -0.810. The van der Waals surface area contributed by atoms with Gasteiger partial charge >= 0.3 is 0 Å². The van der Waals surface area contributed by atoms with Crippen LogP contribution < -0.4 is 5.32 Å². The molecule has 0 bridgehead atoms. The molecule has 7 unspecified atom stereocenters. The smallest absolute Gasteiger partial charge is 0.220 e. The Morgan fingerprint density at radius 2 is 0.676 bits per heavy atom. The monoisotopic (exact) mass is 1050 g/mol. The number of unbranched alkanes of at least 4 members (excludes halogenated alkanes) is 49. The molecule has 0 aromatic carbocycles. The van der Waals surface area contributed by atoms with Crippen molar-refractivity contribution in [3.63, 3.8) is 0 Å². The van der Waals surface area contributed by atoms with Crippen molar-refractivity contribution in [1.82, 2.24) is 5.32 Å². The van der Waals surface area contributed by atoms with Gasteiger partial charge in [-0.1, -0.05) is 335 Å². The molecule has 7 atom stereocenters. The molecule has 1 rings (SSSR count). The van der Waals surface area contributed by atoms with Gasteiger partial charge in [-0.15, -0.1) is 0 Å². The van der Waals surface area contributed by atoms with E-state index in [4.69, 9.17) is 9.47 Å². The molecule has 1 amide bonds. The molecule has 6 N–H and O–H groups in total. The van der Waals surface area contributed by atoms with Crippen LogP contribution in [-0.4, -0.2) is 87.5 Å². The summed E-state index contributed by atoms with van der Waals surface area (Å²) in [5.74, 6) is -0.134. The van der Waals surface area contributed by atoms with Gasteiger partial charge in [-0.2, -0.15) is 0 Å². The summed E-state index contributed by atoms with van der Waals surface area (Å²) in [6.45, 7) is 3.90. The van der Waals surface area contributed by atoms with E-state index < -0.39 is 49.5 Å². The largest absolute Gasteiger partial charge is 0.394 e. The molecular formula is C65H129NO8. The summed E-state index contributed by atoms with van der Waals surface area (Å²) in [5, 5.41) is 54.8. The van der Waals surface area contributed by atoms with Gasteiger partial charge in [-0.25, -0.2) is 0 Å². The molecule has 0 aromatic rings.